The highest BCUT2D eigenvalue weighted by molar-refractivity contribution is 5.97. The van der Waals surface area contributed by atoms with Crippen molar-refractivity contribution < 1.29 is 19.4 Å². The van der Waals surface area contributed by atoms with Crippen molar-refractivity contribution in [3.05, 3.63) is 29.3 Å². The van der Waals surface area contributed by atoms with Crippen molar-refractivity contribution >= 4 is 11.8 Å². The Hall–Kier alpha value is -2.08. The lowest BCUT2D eigenvalue weighted by Crippen LogP contribution is -2.51. The zero-order valence-corrected chi connectivity index (χ0v) is 17.4. The van der Waals surface area contributed by atoms with E-state index < -0.39 is 0 Å². The summed E-state index contributed by atoms with van der Waals surface area (Å²) >= 11 is 0. The largest absolute Gasteiger partial charge is 0.507 e. The molecule has 0 spiro atoms. The normalized spacial score (nSPS) is 23.9. The Kier molecular flexibility index (Phi) is 6.28. The van der Waals surface area contributed by atoms with E-state index in [0.717, 1.165) is 5.56 Å². The number of rotatable bonds is 3. The summed E-state index contributed by atoms with van der Waals surface area (Å²) in [7, 11) is 0. The Morgan fingerprint density at radius 3 is 2.21 bits per heavy atom. The molecule has 2 aliphatic heterocycles. The average molecular weight is 389 g/mol. The van der Waals surface area contributed by atoms with Crippen LogP contribution >= 0.6 is 0 Å². The van der Waals surface area contributed by atoms with E-state index in [1.54, 1.807) is 17.0 Å². The summed E-state index contributed by atoms with van der Waals surface area (Å²) < 4.78 is 5.72. The molecule has 6 heteroatoms. The smallest absolute Gasteiger partial charge is 0.257 e. The number of hydrogen-bond acceptors (Lipinski definition) is 4. The lowest BCUT2D eigenvalue weighted by molar-refractivity contribution is -0.148. The van der Waals surface area contributed by atoms with Crippen LogP contribution in [0.5, 0.6) is 5.75 Å². The minimum absolute atomic E-state index is 0.0330. The Bertz CT molecular complexity index is 715. The highest BCUT2D eigenvalue weighted by atomic mass is 16.5. The summed E-state index contributed by atoms with van der Waals surface area (Å²) in [6.07, 6.45) is 1.45. The predicted octanol–water partition coefficient (Wildman–Crippen LogP) is 3.00. The van der Waals surface area contributed by atoms with Crippen molar-refractivity contribution in [2.45, 2.75) is 58.7 Å². The molecular weight excluding hydrogens is 356 g/mol. The Labute approximate surface area is 167 Å². The number of hydrogen-bond donors (Lipinski definition) is 1. The zero-order valence-electron chi connectivity index (χ0n) is 17.4. The molecule has 1 N–H and O–H groups in total. The summed E-state index contributed by atoms with van der Waals surface area (Å²) in [6, 6.07) is 5.28. The first-order chi connectivity index (χ1) is 13.3. The van der Waals surface area contributed by atoms with Crippen molar-refractivity contribution in [2.24, 2.45) is 5.92 Å². The molecule has 2 heterocycles. The first-order valence-electron chi connectivity index (χ1n) is 10.3. The molecule has 2 saturated heterocycles. The number of benzene rings is 1. The van der Waals surface area contributed by atoms with Crippen molar-refractivity contribution in [3.8, 4) is 5.75 Å². The Morgan fingerprint density at radius 1 is 1.07 bits per heavy atom. The predicted molar refractivity (Wildman–Crippen MR) is 107 cm³/mol. The maximum absolute atomic E-state index is 12.9. The van der Waals surface area contributed by atoms with Gasteiger partial charge in [0.25, 0.3) is 5.91 Å². The number of nitrogens with zero attached hydrogens (tertiary/aromatic N) is 2. The molecule has 0 bridgehead atoms. The summed E-state index contributed by atoms with van der Waals surface area (Å²) in [5, 5.41) is 10.3. The van der Waals surface area contributed by atoms with Gasteiger partial charge in [-0.05, 0) is 50.3 Å². The van der Waals surface area contributed by atoms with Gasteiger partial charge in [-0.15, -0.1) is 0 Å². The number of phenols is 1. The van der Waals surface area contributed by atoms with E-state index in [0.29, 0.717) is 50.5 Å². The molecular formula is C22H32N2O4. The van der Waals surface area contributed by atoms with Gasteiger partial charge >= 0.3 is 0 Å². The van der Waals surface area contributed by atoms with Gasteiger partial charge in [0.05, 0.1) is 17.8 Å². The van der Waals surface area contributed by atoms with E-state index in [4.69, 9.17) is 4.74 Å². The minimum atomic E-state index is -0.160. The quantitative estimate of drug-likeness (QED) is 0.864. The van der Waals surface area contributed by atoms with Crippen LogP contribution < -0.4 is 0 Å². The van der Waals surface area contributed by atoms with Crippen molar-refractivity contribution in [1.29, 1.82) is 0 Å². The zero-order chi connectivity index (χ0) is 20.4. The topological polar surface area (TPSA) is 70.1 Å². The molecule has 2 unspecified atom stereocenters. The average Bonchev–Trinajstić information content (AvgIpc) is 2.66. The van der Waals surface area contributed by atoms with Gasteiger partial charge in [-0.25, -0.2) is 0 Å². The molecule has 0 aliphatic carbocycles. The Morgan fingerprint density at radius 2 is 1.68 bits per heavy atom. The minimum Gasteiger partial charge on any atom is -0.507 e. The van der Waals surface area contributed by atoms with E-state index in [2.05, 4.69) is 0 Å². The fourth-order valence-corrected chi connectivity index (χ4v) is 4.20. The molecule has 0 aromatic heterocycles. The van der Waals surface area contributed by atoms with Crippen LogP contribution in [-0.4, -0.2) is 65.1 Å². The van der Waals surface area contributed by atoms with Crippen LogP contribution in [0.3, 0.4) is 0 Å². The lowest BCUT2D eigenvalue weighted by atomic mass is 9.94. The summed E-state index contributed by atoms with van der Waals surface area (Å²) in [5.41, 5.74) is 1.34. The number of carbonyl (C=O) groups is 2. The number of morpholine rings is 1. The van der Waals surface area contributed by atoms with Gasteiger partial charge < -0.3 is 19.6 Å². The van der Waals surface area contributed by atoms with Crippen LogP contribution in [0.25, 0.3) is 0 Å². The summed E-state index contributed by atoms with van der Waals surface area (Å²) in [5.74, 6) is 0.303. The molecule has 2 atom stereocenters. The maximum atomic E-state index is 12.9. The van der Waals surface area contributed by atoms with Crippen molar-refractivity contribution in [2.75, 3.05) is 26.2 Å². The highest BCUT2D eigenvalue weighted by Gasteiger charge is 2.34. The van der Waals surface area contributed by atoms with Crippen molar-refractivity contribution in [1.82, 2.24) is 9.80 Å². The van der Waals surface area contributed by atoms with Gasteiger partial charge in [0, 0.05) is 32.1 Å². The van der Waals surface area contributed by atoms with Gasteiger partial charge in [0.1, 0.15) is 5.75 Å². The first kappa shape index (κ1) is 20.6. The molecule has 2 aliphatic rings. The van der Waals surface area contributed by atoms with Gasteiger partial charge in [-0.1, -0.05) is 19.9 Å². The number of phenolic OH excluding ortho intramolecular Hbond substituents is 1. The van der Waals surface area contributed by atoms with Crippen molar-refractivity contribution in [3.63, 3.8) is 0 Å². The fourth-order valence-electron chi connectivity index (χ4n) is 4.20. The third kappa shape index (κ3) is 4.49. The second-order valence-electron chi connectivity index (χ2n) is 8.50. The van der Waals surface area contributed by atoms with Crippen LogP contribution in [0.2, 0.25) is 0 Å². The fraction of sp³-hybridized carbons (Fsp3) is 0.636. The summed E-state index contributed by atoms with van der Waals surface area (Å²) in [4.78, 5) is 29.4. The van der Waals surface area contributed by atoms with Crippen LogP contribution in [0.15, 0.2) is 18.2 Å². The number of carbonyl (C=O) groups excluding carboxylic acids is 2. The second-order valence-corrected chi connectivity index (χ2v) is 8.50. The summed E-state index contributed by atoms with van der Waals surface area (Å²) in [6.45, 7) is 10.4. The Balaban J connectivity index is 1.59. The number of ether oxygens (including phenoxy) is 1. The van der Waals surface area contributed by atoms with Crippen LogP contribution in [0.4, 0.5) is 0 Å². The van der Waals surface area contributed by atoms with Gasteiger partial charge in [0.15, 0.2) is 0 Å². The second kappa shape index (κ2) is 8.52. The van der Waals surface area contributed by atoms with E-state index in [9.17, 15) is 14.7 Å². The number of aromatic hydroxyl groups is 1. The van der Waals surface area contributed by atoms with Gasteiger partial charge in [-0.2, -0.15) is 0 Å². The maximum Gasteiger partial charge on any atom is 0.257 e. The van der Waals surface area contributed by atoms with E-state index in [-0.39, 0.29) is 35.7 Å². The van der Waals surface area contributed by atoms with Gasteiger partial charge in [-0.3, -0.25) is 9.59 Å². The van der Waals surface area contributed by atoms with Gasteiger partial charge in [0.2, 0.25) is 5.91 Å². The molecule has 28 heavy (non-hydrogen) atoms. The monoisotopic (exact) mass is 388 g/mol. The molecule has 3 rings (SSSR count). The lowest BCUT2D eigenvalue weighted by Gasteiger charge is -2.39. The van der Waals surface area contributed by atoms with Crippen LogP contribution in [0.1, 0.15) is 62.4 Å². The van der Waals surface area contributed by atoms with Crippen LogP contribution in [0, 0.1) is 5.92 Å². The molecule has 1 aromatic rings. The number of piperidine rings is 1. The SMILES string of the molecule is CC1CN(C(=O)C2CCN(C(=O)c3ccc(C(C)C)cc3O)CC2)CC(C)O1. The molecule has 1 aromatic carbocycles. The molecule has 6 nitrogen and oxygen atoms in total. The number of likely N-dealkylation sites (tertiary alicyclic amines) is 1. The molecule has 2 fully saturated rings. The third-order valence-electron chi connectivity index (χ3n) is 5.78. The molecule has 0 radical (unpaired) electrons. The first-order valence-corrected chi connectivity index (χ1v) is 10.3. The van der Waals surface area contributed by atoms with E-state index >= 15 is 0 Å². The number of amides is 2. The standard InChI is InChI=1S/C22H32N2O4/c1-14(2)18-5-6-19(20(25)11-18)22(27)23-9-7-17(8-10-23)21(26)24-12-15(3)28-16(4)13-24/h5-6,11,14-17,25H,7-10,12-13H2,1-4H3. The molecule has 0 saturated carbocycles. The molecule has 154 valence electrons. The van der Waals surface area contributed by atoms with Crippen LogP contribution in [-0.2, 0) is 9.53 Å². The third-order valence-corrected chi connectivity index (χ3v) is 5.78. The van der Waals surface area contributed by atoms with E-state index in [1.807, 2.05) is 38.7 Å². The molecule has 2 amide bonds. The highest BCUT2D eigenvalue weighted by Crippen LogP contribution is 2.27. The van der Waals surface area contributed by atoms with E-state index in [1.165, 1.54) is 0 Å².